The monoisotopic (exact) mass is 333 g/mol. The number of morpholine rings is 1. The molecule has 1 aliphatic heterocycles. The zero-order valence-electron chi connectivity index (χ0n) is 14.8. The van der Waals surface area contributed by atoms with Gasteiger partial charge in [-0.25, -0.2) is 4.79 Å². The van der Waals surface area contributed by atoms with Crippen molar-refractivity contribution in [3.05, 3.63) is 35.4 Å². The van der Waals surface area contributed by atoms with E-state index in [1.165, 1.54) is 0 Å². The molecule has 0 bridgehead atoms. The van der Waals surface area contributed by atoms with E-state index in [9.17, 15) is 9.59 Å². The van der Waals surface area contributed by atoms with E-state index in [-0.39, 0.29) is 30.2 Å². The molecule has 6 nitrogen and oxygen atoms in total. The highest BCUT2D eigenvalue weighted by Crippen LogP contribution is 2.15. The predicted octanol–water partition coefficient (Wildman–Crippen LogP) is 2.14. The Morgan fingerprint density at radius 2 is 1.75 bits per heavy atom. The molecule has 132 valence electrons. The van der Waals surface area contributed by atoms with Gasteiger partial charge in [0.05, 0.1) is 12.2 Å². The maximum Gasteiger partial charge on any atom is 0.315 e. The molecule has 6 heteroatoms. The van der Waals surface area contributed by atoms with Crippen LogP contribution in [0.3, 0.4) is 0 Å². The smallest absolute Gasteiger partial charge is 0.315 e. The van der Waals surface area contributed by atoms with Crippen LogP contribution in [0.15, 0.2) is 24.3 Å². The van der Waals surface area contributed by atoms with Gasteiger partial charge in [-0.2, -0.15) is 0 Å². The Morgan fingerprint density at radius 1 is 1.17 bits per heavy atom. The van der Waals surface area contributed by atoms with Crippen molar-refractivity contribution in [2.75, 3.05) is 13.1 Å². The van der Waals surface area contributed by atoms with Crippen LogP contribution in [-0.4, -0.2) is 48.2 Å². The SMILES string of the molecule is CC(C)NC(=O)NCc1ccc(C(=O)N2C[C@H](C)O[C@@H](C)C2)cc1. The molecule has 1 fully saturated rings. The lowest BCUT2D eigenvalue weighted by molar-refractivity contribution is -0.0586. The van der Waals surface area contributed by atoms with Gasteiger partial charge in [0.2, 0.25) is 0 Å². The predicted molar refractivity (Wildman–Crippen MR) is 92.9 cm³/mol. The van der Waals surface area contributed by atoms with Crippen LogP contribution in [0.25, 0.3) is 0 Å². The summed E-state index contributed by atoms with van der Waals surface area (Å²) in [6, 6.07) is 7.27. The topological polar surface area (TPSA) is 70.7 Å². The van der Waals surface area contributed by atoms with E-state index in [2.05, 4.69) is 10.6 Å². The van der Waals surface area contributed by atoms with Crippen molar-refractivity contribution < 1.29 is 14.3 Å². The van der Waals surface area contributed by atoms with Gasteiger partial charge in [-0.05, 0) is 45.4 Å². The van der Waals surface area contributed by atoms with E-state index >= 15 is 0 Å². The fraction of sp³-hybridized carbons (Fsp3) is 0.556. The molecule has 0 saturated carbocycles. The van der Waals surface area contributed by atoms with E-state index in [4.69, 9.17) is 4.74 Å². The number of carbonyl (C=O) groups is 2. The fourth-order valence-corrected chi connectivity index (χ4v) is 2.79. The molecule has 0 spiro atoms. The molecule has 1 aromatic rings. The molecule has 0 unspecified atom stereocenters. The van der Waals surface area contributed by atoms with Crippen molar-refractivity contribution in [1.29, 1.82) is 0 Å². The summed E-state index contributed by atoms with van der Waals surface area (Å²) in [5.41, 5.74) is 1.61. The van der Waals surface area contributed by atoms with Crippen molar-refractivity contribution in [3.8, 4) is 0 Å². The van der Waals surface area contributed by atoms with Crippen molar-refractivity contribution in [2.24, 2.45) is 0 Å². The number of ether oxygens (including phenoxy) is 1. The van der Waals surface area contributed by atoms with E-state index in [1.54, 1.807) is 0 Å². The number of benzene rings is 1. The Morgan fingerprint density at radius 3 is 2.29 bits per heavy atom. The van der Waals surface area contributed by atoms with Crippen LogP contribution in [0.1, 0.15) is 43.6 Å². The Kier molecular flexibility index (Phi) is 6.20. The Labute approximate surface area is 143 Å². The summed E-state index contributed by atoms with van der Waals surface area (Å²) in [5, 5.41) is 5.56. The Hall–Kier alpha value is -2.08. The van der Waals surface area contributed by atoms with Crippen LogP contribution >= 0.6 is 0 Å². The summed E-state index contributed by atoms with van der Waals surface area (Å²) in [6.45, 7) is 9.43. The van der Waals surface area contributed by atoms with Crippen LogP contribution < -0.4 is 10.6 Å². The highest BCUT2D eigenvalue weighted by atomic mass is 16.5. The Balaban J connectivity index is 1.91. The normalized spacial score (nSPS) is 20.8. The highest BCUT2D eigenvalue weighted by molar-refractivity contribution is 5.94. The second kappa shape index (κ2) is 8.15. The molecule has 24 heavy (non-hydrogen) atoms. The molecule has 1 saturated heterocycles. The molecule has 0 aliphatic carbocycles. The lowest BCUT2D eigenvalue weighted by Crippen LogP contribution is -2.48. The number of carbonyl (C=O) groups excluding carboxylic acids is 2. The third-order valence-electron chi connectivity index (χ3n) is 3.78. The minimum atomic E-state index is -0.193. The number of nitrogens with one attached hydrogen (secondary N) is 2. The van der Waals surface area contributed by atoms with Crippen LogP contribution in [0.2, 0.25) is 0 Å². The van der Waals surface area contributed by atoms with Crippen molar-refractivity contribution in [2.45, 2.75) is 52.5 Å². The minimum Gasteiger partial charge on any atom is -0.372 e. The van der Waals surface area contributed by atoms with Gasteiger partial charge in [-0.3, -0.25) is 4.79 Å². The number of amides is 3. The third-order valence-corrected chi connectivity index (χ3v) is 3.78. The first-order chi connectivity index (χ1) is 11.3. The summed E-state index contributed by atoms with van der Waals surface area (Å²) < 4.78 is 5.66. The summed E-state index contributed by atoms with van der Waals surface area (Å²) in [4.78, 5) is 26.0. The van der Waals surface area contributed by atoms with E-state index in [1.807, 2.05) is 56.9 Å². The van der Waals surface area contributed by atoms with Gasteiger partial charge in [-0.15, -0.1) is 0 Å². The number of urea groups is 1. The lowest BCUT2D eigenvalue weighted by Gasteiger charge is -2.35. The van der Waals surface area contributed by atoms with Crippen LogP contribution in [0, 0.1) is 0 Å². The third kappa shape index (κ3) is 5.23. The molecule has 0 radical (unpaired) electrons. The molecular weight excluding hydrogens is 306 g/mol. The standard InChI is InChI=1S/C18H27N3O3/c1-12(2)20-18(23)19-9-15-5-7-16(8-6-15)17(22)21-10-13(3)24-14(4)11-21/h5-8,12-14H,9-11H2,1-4H3,(H2,19,20,23)/t13-,14-/m0/s1. The zero-order chi connectivity index (χ0) is 17.7. The second-order valence-electron chi connectivity index (χ2n) is 6.65. The van der Waals surface area contributed by atoms with E-state index in [0.717, 1.165) is 5.56 Å². The molecule has 1 heterocycles. The quantitative estimate of drug-likeness (QED) is 0.887. The number of hydrogen-bond donors (Lipinski definition) is 2. The zero-order valence-corrected chi connectivity index (χ0v) is 14.8. The summed E-state index contributed by atoms with van der Waals surface area (Å²) in [6.07, 6.45) is 0.112. The van der Waals surface area contributed by atoms with E-state index in [0.29, 0.717) is 25.2 Å². The minimum absolute atomic E-state index is 0.0223. The Bertz CT molecular complexity index is 561. The molecule has 2 atom stereocenters. The van der Waals surface area contributed by atoms with Crippen molar-refractivity contribution in [3.63, 3.8) is 0 Å². The first-order valence-electron chi connectivity index (χ1n) is 8.43. The van der Waals surface area contributed by atoms with Gasteiger partial charge in [0.1, 0.15) is 0 Å². The molecule has 2 N–H and O–H groups in total. The van der Waals surface area contributed by atoms with Crippen molar-refractivity contribution in [1.82, 2.24) is 15.5 Å². The number of hydrogen-bond acceptors (Lipinski definition) is 3. The van der Waals surface area contributed by atoms with Gasteiger partial charge in [0.25, 0.3) is 5.91 Å². The van der Waals surface area contributed by atoms with Crippen LogP contribution in [-0.2, 0) is 11.3 Å². The number of nitrogens with zero attached hydrogens (tertiary/aromatic N) is 1. The summed E-state index contributed by atoms with van der Waals surface area (Å²) in [7, 11) is 0. The summed E-state index contributed by atoms with van der Waals surface area (Å²) in [5.74, 6) is 0.0223. The average Bonchev–Trinajstić information content (AvgIpc) is 2.51. The molecular formula is C18H27N3O3. The van der Waals surface area contributed by atoms with Gasteiger partial charge in [0, 0.05) is 31.2 Å². The molecule has 2 rings (SSSR count). The second-order valence-corrected chi connectivity index (χ2v) is 6.65. The molecule has 1 aromatic carbocycles. The first kappa shape index (κ1) is 18.3. The largest absolute Gasteiger partial charge is 0.372 e. The van der Waals surface area contributed by atoms with Gasteiger partial charge in [-0.1, -0.05) is 12.1 Å². The van der Waals surface area contributed by atoms with Crippen LogP contribution in [0.4, 0.5) is 4.79 Å². The van der Waals surface area contributed by atoms with E-state index < -0.39 is 0 Å². The summed E-state index contributed by atoms with van der Waals surface area (Å²) >= 11 is 0. The first-order valence-corrected chi connectivity index (χ1v) is 8.43. The number of rotatable bonds is 4. The van der Waals surface area contributed by atoms with Crippen molar-refractivity contribution >= 4 is 11.9 Å². The maximum absolute atomic E-state index is 12.6. The van der Waals surface area contributed by atoms with Gasteiger partial charge < -0.3 is 20.3 Å². The molecule has 0 aromatic heterocycles. The molecule has 3 amide bonds. The highest BCUT2D eigenvalue weighted by Gasteiger charge is 2.26. The fourth-order valence-electron chi connectivity index (χ4n) is 2.79. The average molecular weight is 333 g/mol. The molecule has 1 aliphatic rings. The lowest BCUT2D eigenvalue weighted by atomic mass is 10.1. The van der Waals surface area contributed by atoms with Gasteiger partial charge >= 0.3 is 6.03 Å². The maximum atomic E-state index is 12.6. The van der Waals surface area contributed by atoms with Gasteiger partial charge in [0.15, 0.2) is 0 Å². The van der Waals surface area contributed by atoms with Crippen LogP contribution in [0.5, 0.6) is 0 Å².